The van der Waals surface area contributed by atoms with Gasteiger partial charge in [0.15, 0.2) is 0 Å². The molecular weight excluding hydrogens is 347 g/mol. The third kappa shape index (κ3) is 5.18. The Morgan fingerprint density at radius 2 is 2.06 bits per heavy atom. The molecule has 1 aliphatic heterocycles. The molecular formula is C14H19ClOTe. The maximum absolute atomic E-state index is 5.86. The molecule has 2 rings (SSSR count). The van der Waals surface area contributed by atoms with Gasteiger partial charge in [-0.3, -0.25) is 0 Å². The van der Waals surface area contributed by atoms with E-state index in [9.17, 15) is 0 Å². The molecule has 0 N–H and O–H groups in total. The Balaban J connectivity index is 1.60. The monoisotopic (exact) mass is 368 g/mol. The second kappa shape index (κ2) is 7.64. The van der Waals surface area contributed by atoms with Gasteiger partial charge in [-0.15, -0.1) is 0 Å². The van der Waals surface area contributed by atoms with E-state index >= 15 is 0 Å². The Kier molecular flexibility index (Phi) is 6.15. The fourth-order valence-corrected chi connectivity index (χ4v) is 4.42. The Morgan fingerprint density at radius 1 is 1.24 bits per heavy atom. The van der Waals surface area contributed by atoms with Gasteiger partial charge in [0.25, 0.3) is 0 Å². The van der Waals surface area contributed by atoms with Gasteiger partial charge in [-0.05, 0) is 0 Å². The summed E-state index contributed by atoms with van der Waals surface area (Å²) in [5.74, 6) is 0. The molecule has 0 saturated carbocycles. The van der Waals surface area contributed by atoms with Gasteiger partial charge in [0.05, 0.1) is 0 Å². The van der Waals surface area contributed by atoms with E-state index in [1.807, 2.05) is 12.1 Å². The van der Waals surface area contributed by atoms with Crippen molar-refractivity contribution >= 4 is 32.9 Å². The van der Waals surface area contributed by atoms with E-state index in [2.05, 4.69) is 12.1 Å². The van der Waals surface area contributed by atoms with E-state index in [4.69, 9.17) is 14.7 Å². The molecule has 1 unspecified atom stereocenters. The Labute approximate surface area is 120 Å². The van der Waals surface area contributed by atoms with Gasteiger partial charge in [0, 0.05) is 0 Å². The molecule has 1 fully saturated rings. The van der Waals surface area contributed by atoms with Crippen molar-refractivity contribution < 1.29 is 3.10 Å². The van der Waals surface area contributed by atoms with Gasteiger partial charge < -0.3 is 0 Å². The van der Waals surface area contributed by atoms with Crippen molar-refractivity contribution in [2.24, 2.45) is 0 Å². The first kappa shape index (κ1) is 13.7. The van der Waals surface area contributed by atoms with Crippen molar-refractivity contribution in [3.8, 4) is 0 Å². The molecule has 1 aliphatic rings. The van der Waals surface area contributed by atoms with Crippen molar-refractivity contribution in [1.29, 1.82) is 0 Å². The molecule has 0 bridgehead atoms. The van der Waals surface area contributed by atoms with Crippen LogP contribution in [0.25, 0.3) is 0 Å². The van der Waals surface area contributed by atoms with Crippen LogP contribution in [0.4, 0.5) is 0 Å². The molecule has 1 heterocycles. The molecule has 1 aromatic rings. The molecule has 1 saturated heterocycles. The molecule has 0 aromatic heterocycles. The second-order valence-corrected chi connectivity index (χ2v) is 7.38. The van der Waals surface area contributed by atoms with Crippen molar-refractivity contribution in [2.45, 2.75) is 49.1 Å². The third-order valence-corrected chi connectivity index (χ3v) is 5.83. The first-order valence-corrected chi connectivity index (χ1v) is 9.35. The predicted molar refractivity (Wildman–Crippen MR) is 73.7 cm³/mol. The van der Waals surface area contributed by atoms with Gasteiger partial charge in [-0.2, -0.15) is 0 Å². The van der Waals surface area contributed by atoms with Crippen LogP contribution in [0, 0.1) is 0 Å². The second-order valence-electron chi connectivity index (χ2n) is 4.55. The molecule has 1 nitrogen and oxygen atoms in total. The summed E-state index contributed by atoms with van der Waals surface area (Å²) in [6.07, 6.45) is 8.29. The summed E-state index contributed by atoms with van der Waals surface area (Å²) in [7, 11) is 0. The summed E-state index contributed by atoms with van der Waals surface area (Å²) < 4.78 is 7.24. The van der Waals surface area contributed by atoms with Crippen LogP contribution in [0.15, 0.2) is 24.3 Å². The summed E-state index contributed by atoms with van der Waals surface area (Å²) in [4.78, 5) is 0. The zero-order valence-corrected chi connectivity index (χ0v) is 13.1. The zero-order valence-electron chi connectivity index (χ0n) is 10.0. The van der Waals surface area contributed by atoms with Crippen LogP contribution < -0.4 is 0 Å². The molecule has 0 amide bonds. The topological polar surface area (TPSA) is 9.23 Å². The van der Waals surface area contributed by atoms with E-state index in [1.165, 1.54) is 48.6 Å². The van der Waals surface area contributed by atoms with E-state index in [-0.39, 0.29) is 21.3 Å². The predicted octanol–water partition coefficient (Wildman–Crippen LogP) is 4.27. The van der Waals surface area contributed by atoms with E-state index in [1.54, 1.807) is 0 Å². The van der Waals surface area contributed by atoms with E-state index < -0.39 is 0 Å². The van der Waals surface area contributed by atoms with Crippen LogP contribution >= 0.6 is 11.6 Å². The number of hydrogen-bond acceptors (Lipinski definition) is 1. The average molecular weight is 366 g/mol. The number of hydrogen-bond donors (Lipinski definition) is 0. The number of rotatable bonds is 5. The fraction of sp³-hybridized carbons (Fsp3) is 0.571. The summed E-state index contributed by atoms with van der Waals surface area (Å²) in [6, 6.07) is 8.22. The van der Waals surface area contributed by atoms with E-state index in [0.29, 0.717) is 6.10 Å². The number of unbranched alkanes of at least 4 members (excludes halogenated alkanes) is 1. The molecule has 0 spiro atoms. The number of halogens is 1. The average Bonchev–Trinajstić information content (AvgIpc) is 2.38. The minimum atomic E-state index is -0.0716. The van der Waals surface area contributed by atoms with Crippen LogP contribution in [-0.2, 0) is 9.52 Å². The molecule has 1 aromatic carbocycles. The van der Waals surface area contributed by atoms with Gasteiger partial charge in [-0.25, -0.2) is 0 Å². The Hall–Kier alpha value is 0.260. The molecule has 3 heteroatoms. The molecule has 0 radical (unpaired) electrons. The molecule has 0 aliphatic carbocycles. The van der Waals surface area contributed by atoms with Crippen molar-refractivity contribution in [3.05, 3.63) is 34.9 Å². The zero-order chi connectivity index (χ0) is 11.9. The number of aryl methyl sites for hydroxylation is 1. The van der Waals surface area contributed by atoms with Gasteiger partial charge >= 0.3 is 120 Å². The van der Waals surface area contributed by atoms with Gasteiger partial charge in [-0.1, -0.05) is 0 Å². The SMILES string of the molecule is Clc1ccc(CCCCC2CCC[Te]O2)cc1. The van der Waals surface area contributed by atoms with Crippen LogP contribution in [0.3, 0.4) is 0 Å². The Bertz CT molecular complexity index is 319. The van der Waals surface area contributed by atoms with Gasteiger partial charge in [0.1, 0.15) is 0 Å². The fourth-order valence-electron chi connectivity index (χ4n) is 2.11. The first-order valence-electron chi connectivity index (χ1n) is 6.37. The summed E-state index contributed by atoms with van der Waals surface area (Å²) >= 11 is 5.79. The summed E-state index contributed by atoms with van der Waals surface area (Å²) in [6.45, 7) is 0. The van der Waals surface area contributed by atoms with Crippen molar-refractivity contribution in [1.82, 2.24) is 0 Å². The van der Waals surface area contributed by atoms with Crippen molar-refractivity contribution in [3.63, 3.8) is 0 Å². The quantitative estimate of drug-likeness (QED) is 0.559. The summed E-state index contributed by atoms with van der Waals surface area (Å²) in [5.41, 5.74) is 1.40. The van der Waals surface area contributed by atoms with Gasteiger partial charge in [0.2, 0.25) is 0 Å². The molecule has 1 atom stereocenters. The number of benzene rings is 1. The van der Waals surface area contributed by atoms with Crippen molar-refractivity contribution in [2.75, 3.05) is 0 Å². The maximum atomic E-state index is 5.86. The molecule has 17 heavy (non-hydrogen) atoms. The van der Waals surface area contributed by atoms with Crippen LogP contribution in [0.2, 0.25) is 9.49 Å². The van der Waals surface area contributed by atoms with E-state index in [0.717, 1.165) is 5.02 Å². The van der Waals surface area contributed by atoms with Crippen LogP contribution in [0.5, 0.6) is 0 Å². The molecule has 94 valence electrons. The standard InChI is InChI=1S/C14H19ClOTe/c15-13-9-7-12(8-10-13)4-1-2-5-14-6-3-11-17-16-14/h7-10,14H,1-6,11H2. The first-order chi connectivity index (χ1) is 8.34. The Morgan fingerprint density at radius 3 is 2.76 bits per heavy atom. The normalized spacial score (nSPS) is 20.4. The summed E-state index contributed by atoms with van der Waals surface area (Å²) in [5, 5.41) is 0.828. The third-order valence-electron chi connectivity index (χ3n) is 3.11. The minimum absolute atomic E-state index is 0.0716. The van der Waals surface area contributed by atoms with Crippen LogP contribution in [-0.4, -0.2) is 27.4 Å². The van der Waals surface area contributed by atoms with Crippen LogP contribution in [0.1, 0.15) is 37.7 Å².